The Morgan fingerprint density at radius 2 is 1.80 bits per heavy atom. The molecule has 0 aliphatic heterocycles. The highest BCUT2D eigenvalue weighted by atomic mass is 16.7. The summed E-state index contributed by atoms with van der Waals surface area (Å²) in [5.41, 5.74) is 4.38. The van der Waals surface area contributed by atoms with Gasteiger partial charge in [0.1, 0.15) is 0 Å². The normalized spacial score (nSPS) is 9.55. The Hall–Kier alpha value is -2.84. The van der Waals surface area contributed by atoms with Gasteiger partial charge in [0.2, 0.25) is 0 Å². The maximum absolute atomic E-state index is 11.5. The molecule has 5 heteroatoms. The lowest BCUT2D eigenvalue weighted by Gasteiger charge is -2.07. The molecular formula is C15H13N3O2. The zero-order chi connectivity index (χ0) is 14.2. The van der Waals surface area contributed by atoms with Gasteiger partial charge in [-0.3, -0.25) is 4.84 Å². The van der Waals surface area contributed by atoms with Crippen LogP contribution >= 0.6 is 0 Å². The van der Waals surface area contributed by atoms with E-state index in [1.54, 1.807) is 24.3 Å². The summed E-state index contributed by atoms with van der Waals surface area (Å²) in [6.45, 7) is 0.293. The number of hydrogen-bond donors (Lipinski definition) is 2. The highest BCUT2D eigenvalue weighted by Gasteiger charge is 2.01. The van der Waals surface area contributed by atoms with Crippen LogP contribution in [0.5, 0.6) is 0 Å². The second-order valence-electron chi connectivity index (χ2n) is 4.02. The molecule has 2 N–H and O–H groups in total. The SMILES string of the molecule is N#Cc1ccc(NC(=O)NOCc2ccccc2)cc1. The number of amides is 2. The van der Waals surface area contributed by atoms with Crippen molar-refractivity contribution >= 4 is 11.7 Å². The molecule has 100 valence electrons. The number of benzene rings is 2. The van der Waals surface area contributed by atoms with Crippen LogP contribution in [0, 0.1) is 11.3 Å². The van der Waals surface area contributed by atoms with Crippen molar-refractivity contribution in [1.82, 2.24) is 5.48 Å². The molecular weight excluding hydrogens is 254 g/mol. The van der Waals surface area contributed by atoms with Gasteiger partial charge in [0.25, 0.3) is 0 Å². The molecule has 20 heavy (non-hydrogen) atoms. The van der Waals surface area contributed by atoms with Gasteiger partial charge in [0, 0.05) is 5.69 Å². The number of hydrogen-bond acceptors (Lipinski definition) is 3. The molecule has 2 amide bonds. The molecule has 0 saturated carbocycles. The highest BCUT2D eigenvalue weighted by Crippen LogP contribution is 2.08. The molecule has 2 rings (SSSR count). The highest BCUT2D eigenvalue weighted by molar-refractivity contribution is 5.88. The average Bonchev–Trinajstić information content (AvgIpc) is 2.49. The molecule has 0 aromatic heterocycles. The van der Waals surface area contributed by atoms with Gasteiger partial charge in [0.15, 0.2) is 0 Å². The van der Waals surface area contributed by atoms with Gasteiger partial charge in [-0.1, -0.05) is 30.3 Å². The van der Waals surface area contributed by atoms with Gasteiger partial charge in [0.05, 0.1) is 18.2 Å². The number of nitrogens with one attached hydrogen (secondary N) is 2. The summed E-state index contributed by atoms with van der Waals surface area (Å²) < 4.78 is 0. The topological polar surface area (TPSA) is 74.2 Å². The second-order valence-corrected chi connectivity index (χ2v) is 4.02. The maximum atomic E-state index is 11.5. The van der Waals surface area contributed by atoms with Crippen molar-refractivity contribution in [3.05, 3.63) is 65.7 Å². The summed E-state index contributed by atoms with van der Waals surface area (Å²) in [7, 11) is 0. The van der Waals surface area contributed by atoms with Gasteiger partial charge in [-0.25, -0.2) is 10.3 Å². The molecule has 5 nitrogen and oxygen atoms in total. The number of carbonyl (C=O) groups is 1. The summed E-state index contributed by atoms with van der Waals surface area (Å²) in [6, 6.07) is 17.6. The monoisotopic (exact) mass is 267 g/mol. The fourth-order valence-corrected chi connectivity index (χ4v) is 1.54. The van der Waals surface area contributed by atoms with Gasteiger partial charge in [-0.2, -0.15) is 5.26 Å². The van der Waals surface area contributed by atoms with Crippen LogP contribution in [0.4, 0.5) is 10.5 Å². The Bertz CT molecular complexity index is 603. The third kappa shape index (κ3) is 4.12. The molecule has 0 saturated heterocycles. The molecule has 2 aromatic rings. The van der Waals surface area contributed by atoms with Crippen molar-refractivity contribution in [1.29, 1.82) is 5.26 Å². The van der Waals surface area contributed by atoms with E-state index in [0.29, 0.717) is 17.9 Å². The van der Waals surface area contributed by atoms with Crippen LogP contribution in [0.2, 0.25) is 0 Å². The first-order valence-corrected chi connectivity index (χ1v) is 6.01. The number of nitriles is 1. The minimum absolute atomic E-state index is 0.293. The van der Waals surface area contributed by atoms with Crippen LogP contribution in [0.25, 0.3) is 0 Å². The molecule has 0 aliphatic rings. The van der Waals surface area contributed by atoms with E-state index >= 15 is 0 Å². The van der Waals surface area contributed by atoms with E-state index in [9.17, 15) is 4.79 Å². The molecule has 0 atom stereocenters. The lowest BCUT2D eigenvalue weighted by atomic mass is 10.2. The van der Waals surface area contributed by atoms with Gasteiger partial charge in [-0.15, -0.1) is 0 Å². The van der Waals surface area contributed by atoms with Crippen molar-refractivity contribution < 1.29 is 9.63 Å². The first-order chi connectivity index (χ1) is 9.78. The third-order valence-corrected chi connectivity index (χ3v) is 2.52. The Morgan fingerprint density at radius 3 is 2.45 bits per heavy atom. The smallest absolute Gasteiger partial charge is 0.306 e. The van der Waals surface area contributed by atoms with Crippen molar-refractivity contribution in [3.8, 4) is 6.07 Å². The summed E-state index contributed by atoms with van der Waals surface area (Å²) in [6.07, 6.45) is 0. The van der Waals surface area contributed by atoms with Gasteiger partial charge >= 0.3 is 6.03 Å². The van der Waals surface area contributed by atoms with Crippen molar-refractivity contribution in [2.24, 2.45) is 0 Å². The average molecular weight is 267 g/mol. The van der Waals surface area contributed by atoms with Crippen LogP contribution in [-0.2, 0) is 11.4 Å². The molecule has 2 aromatic carbocycles. The summed E-state index contributed by atoms with van der Waals surface area (Å²) in [5, 5.41) is 11.3. The predicted molar refractivity (Wildman–Crippen MR) is 74.5 cm³/mol. The maximum Gasteiger partial charge on any atom is 0.343 e. The Balaban J connectivity index is 1.76. The van der Waals surface area contributed by atoms with E-state index in [4.69, 9.17) is 10.1 Å². The number of anilines is 1. The van der Waals surface area contributed by atoms with Crippen molar-refractivity contribution in [2.75, 3.05) is 5.32 Å². The number of hydroxylamine groups is 1. The first-order valence-electron chi connectivity index (χ1n) is 6.01. The number of carbonyl (C=O) groups excluding carboxylic acids is 1. The van der Waals surface area contributed by atoms with Crippen LogP contribution in [0.3, 0.4) is 0 Å². The molecule has 0 unspecified atom stereocenters. The fourth-order valence-electron chi connectivity index (χ4n) is 1.54. The number of nitrogens with zero attached hydrogens (tertiary/aromatic N) is 1. The predicted octanol–water partition coefficient (Wildman–Crippen LogP) is 2.81. The molecule has 0 radical (unpaired) electrons. The summed E-state index contributed by atoms with van der Waals surface area (Å²) >= 11 is 0. The van der Waals surface area contributed by atoms with Crippen LogP contribution in [0.1, 0.15) is 11.1 Å². The lowest BCUT2D eigenvalue weighted by molar-refractivity contribution is 0.0536. The van der Waals surface area contributed by atoms with E-state index in [1.807, 2.05) is 36.4 Å². The zero-order valence-corrected chi connectivity index (χ0v) is 10.7. The largest absolute Gasteiger partial charge is 0.343 e. The molecule has 0 bridgehead atoms. The van der Waals surface area contributed by atoms with Gasteiger partial charge in [-0.05, 0) is 29.8 Å². The fraction of sp³-hybridized carbons (Fsp3) is 0.0667. The van der Waals surface area contributed by atoms with E-state index in [1.165, 1.54) is 0 Å². The van der Waals surface area contributed by atoms with E-state index < -0.39 is 6.03 Å². The minimum atomic E-state index is -0.467. The Kier molecular flexibility index (Phi) is 4.70. The summed E-state index contributed by atoms with van der Waals surface area (Å²) in [4.78, 5) is 16.6. The van der Waals surface area contributed by atoms with Crippen molar-refractivity contribution in [3.63, 3.8) is 0 Å². The standard InChI is InChI=1S/C15H13N3O2/c16-10-12-6-8-14(9-7-12)17-15(19)18-20-11-13-4-2-1-3-5-13/h1-9H,11H2,(H2,17,18,19). The van der Waals surface area contributed by atoms with E-state index in [2.05, 4.69) is 10.8 Å². The summed E-state index contributed by atoms with van der Waals surface area (Å²) in [5.74, 6) is 0. The number of urea groups is 1. The molecule has 0 heterocycles. The Morgan fingerprint density at radius 1 is 1.10 bits per heavy atom. The third-order valence-electron chi connectivity index (χ3n) is 2.52. The lowest BCUT2D eigenvalue weighted by Crippen LogP contribution is -2.28. The van der Waals surface area contributed by atoms with Gasteiger partial charge < -0.3 is 5.32 Å². The molecule has 0 aliphatic carbocycles. The van der Waals surface area contributed by atoms with Crippen LogP contribution in [0.15, 0.2) is 54.6 Å². The van der Waals surface area contributed by atoms with E-state index in [-0.39, 0.29) is 0 Å². The minimum Gasteiger partial charge on any atom is -0.306 e. The quantitative estimate of drug-likeness (QED) is 0.836. The zero-order valence-electron chi connectivity index (χ0n) is 10.7. The molecule has 0 fully saturated rings. The molecule has 0 spiro atoms. The van der Waals surface area contributed by atoms with Crippen LogP contribution in [-0.4, -0.2) is 6.03 Å². The first kappa shape index (κ1) is 13.6. The van der Waals surface area contributed by atoms with Crippen molar-refractivity contribution in [2.45, 2.75) is 6.61 Å². The Labute approximate surface area is 116 Å². The number of rotatable bonds is 4. The van der Waals surface area contributed by atoms with E-state index in [0.717, 1.165) is 5.56 Å². The second kappa shape index (κ2) is 6.92. The van der Waals surface area contributed by atoms with Crippen LogP contribution < -0.4 is 10.8 Å².